The average Bonchev–Trinajstić information content (AvgIpc) is 1.49. The van der Waals surface area contributed by atoms with E-state index in [-0.39, 0.29) is 0 Å². The number of halogens is 5. The molecule has 73 valence electrons. The third-order valence-corrected chi connectivity index (χ3v) is 1.38. The van der Waals surface area contributed by atoms with Gasteiger partial charge in [0, 0.05) is 0 Å². The van der Waals surface area contributed by atoms with Crippen molar-refractivity contribution in [1.82, 2.24) is 0 Å². The maximum atomic E-state index is 11.9. The van der Waals surface area contributed by atoms with Gasteiger partial charge in [0.1, 0.15) is 0 Å². The molecule has 0 saturated heterocycles. The number of hydrogen-bond donors (Lipinski definition) is 0. The highest BCUT2D eigenvalue weighted by Gasteiger charge is 2.57. The minimum Gasteiger partial charge on any atom is -0.173 e. The maximum Gasteiger partial charge on any atom is 0.400 e. The molecule has 12 heavy (non-hydrogen) atoms. The first-order valence-electron chi connectivity index (χ1n) is 3.21. The highest BCUT2D eigenvalue weighted by molar-refractivity contribution is 4.77. The number of rotatable bonds is 2. The second-order valence-corrected chi connectivity index (χ2v) is 2.83. The fourth-order valence-corrected chi connectivity index (χ4v) is 0.957. The SMILES string of the molecule is CC(C)C(C([O])(F)F)C(F)(F)F. The van der Waals surface area contributed by atoms with Gasteiger partial charge in [-0.3, -0.25) is 0 Å². The molecule has 1 atom stereocenters. The quantitative estimate of drug-likeness (QED) is 0.598. The maximum absolute atomic E-state index is 11.9. The molecule has 1 unspecified atom stereocenters. The molecule has 0 aliphatic carbocycles. The third-order valence-electron chi connectivity index (χ3n) is 1.38. The Morgan fingerprint density at radius 1 is 1.00 bits per heavy atom. The molecule has 6 heteroatoms. The van der Waals surface area contributed by atoms with Crippen molar-refractivity contribution in [2.75, 3.05) is 0 Å². The molecule has 0 bridgehead atoms. The van der Waals surface area contributed by atoms with Gasteiger partial charge in [0.25, 0.3) is 0 Å². The van der Waals surface area contributed by atoms with Crippen LogP contribution in [0.2, 0.25) is 0 Å². The Kier molecular flexibility index (Phi) is 3.06. The van der Waals surface area contributed by atoms with Gasteiger partial charge in [0.2, 0.25) is 0 Å². The molecule has 0 amide bonds. The van der Waals surface area contributed by atoms with Crippen molar-refractivity contribution in [2.45, 2.75) is 26.1 Å². The van der Waals surface area contributed by atoms with Crippen molar-refractivity contribution in [3.63, 3.8) is 0 Å². The first kappa shape index (κ1) is 11.6. The molecule has 0 rings (SSSR count). The van der Waals surface area contributed by atoms with E-state index in [1.54, 1.807) is 0 Å². The summed E-state index contributed by atoms with van der Waals surface area (Å²) in [5.74, 6) is -4.53. The molecule has 0 aromatic heterocycles. The van der Waals surface area contributed by atoms with Gasteiger partial charge in [-0.25, -0.2) is 0 Å². The minimum absolute atomic E-state index is 0.934. The van der Waals surface area contributed by atoms with Gasteiger partial charge in [-0.2, -0.15) is 27.1 Å². The summed E-state index contributed by atoms with van der Waals surface area (Å²) in [6, 6.07) is 0. The topological polar surface area (TPSA) is 19.9 Å². The molecule has 0 aliphatic rings. The molecule has 0 N–H and O–H groups in total. The summed E-state index contributed by atoms with van der Waals surface area (Å²) < 4.78 is 59.1. The van der Waals surface area contributed by atoms with Crippen LogP contribution >= 0.6 is 0 Å². The van der Waals surface area contributed by atoms with E-state index in [4.69, 9.17) is 0 Å². The van der Waals surface area contributed by atoms with Crippen molar-refractivity contribution in [3.8, 4) is 0 Å². The van der Waals surface area contributed by atoms with Crippen LogP contribution in [0.15, 0.2) is 0 Å². The second-order valence-electron chi connectivity index (χ2n) is 2.83. The van der Waals surface area contributed by atoms with Gasteiger partial charge in [-0.1, -0.05) is 13.8 Å². The van der Waals surface area contributed by atoms with Gasteiger partial charge in [0.05, 0.1) is 0 Å². The lowest BCUT2D eigenvalue weighted by atomic mass is 9.94. The summed E-state index contributed by atoms with van der Waals surface area (Å²) in [7, 11) is 0. The lowest BCUT2D eigenvalue weighted by Crippen LogP contribution is -2.41. The monoisotopic (exact) mass is 191 g/mol. The van der Waals surface area contributed by atoms with Crippen LogP contribution in [0.25, 0.3) is 0 Å². The molecule has 0 aromatic rings. The molecule has 1 nitrogen and oxygen atoms in total. The van der Waals surface area contributed by atoms with Gasteiger partial charge in [0.15, 0.2) is 5.92 Å². The second kappa shape index (κ2) is 3.16. The Morgan fingerprint density at radius 2 is 1.33 bits per heavy atom. The van der Waals surface area contributed by atoms with Crippen LogP contribution in [0.5, 0.6) is 0 Å². The fraction of sp³-hybridized carbons (Fsp3) is 1.00. The smallest absolute Gasteiger partial charge is 0.173 e. The van der Waals surface area contributed by atoms with Crippen LogP contribution < -0.4 is 0 Å². The molecule has 1 radical (unpaired) electrons. The number of hydrogen-bond acceptors (Lipinski definition) is 0. The van der Waals surface area contributed by atoms with E-state index in [1.165, 1.54) is 0 Å². The molecular formula is C6H8F5O. The first-order valence-corrected chi connectivity index (χ1v) is 3.21. The highest BCUT2D eigenvalue weighted by atomic mass is 19.4. The van der Waals surface area contributed by atoms with Crippen LogP contribution in [-0.4, -0.2) is 12.3 Å². The Labute approximate surface area is 66.2 Å². The van der Waals surface area contributed by atoms with E-state index in [0.717, 1.165) is 13.8 Å². The Balaban J connectivity index is 4.70. The summed E-state index contributed by atoms with van der Waals surface area (Å²) in [5, 5.41) is 9.84. The van der Waals surface area contributed by atoms with E-state index in [1.807, 2.05) is 0 Å². The molecule has 0 fully saturated rings. The first-order chi connectivity index (χ1) is 5.07. The zero-order valence-electron chi connectivity index (χ0n) is 6.45. The number of alkyl halides is 5. The molecular weight excluding hydrogens is 183 g/mol. The van der Waals surface area contributed by atoms with E-state index >= 15 is 0 Å². The summed E-state index contributed by atoms with van der Waals surface area (Å²) in [4.78, 5) is 0. The Morgan fingerprint density at radius 3 is 1.33 bits per heavy atom. The van der Waals surface area contributed by atoms with Crippen LogP contribution in [0.1, 0.15) is 13.8 Å². The van der Waals surface area contributed by atoms with Crippen LogP contribution in [0.4, 0.5) is 22.0 Å². The molecule has 0 heterocycles. The highest BCUT2D eigenvalue weighted by Crippen LogP contribution is 2.41. The van der Waals surface area contributed by atoms with E-state index in [2.05, 4.69) is 0 Å². The van der Waals surface area contributed by atoms with Crippen molar-refractivity contribution in [3.05, 3.63) is 0 Å². The molecule has 0 aliphatic heterocycles. The van der Waals surface area contributed by atoms with Gasteiger partial charge < -0.3 is 0 Å². The normalized spacial score (nSPS) is 16.8. The van der Waals surface area contributed by atoms with E-state index in [9.17, 15) is 27.1 Å². The van der Waals surface area contributed by atoms with Crippen LogP contribution in [-0.2, 0) is 5.11 Å². The summed E-state index contributed by atoms with van der Waals surface area (Å²) in [6.07, 6.45) is -10.1. The van der Waals surface area contributed by atoms with E-state index < -0.39 is 24.1 Å². The minimum atomic E-state index is -5.14. The molecule has 0 aromatic carbocycles. The van der Waals surface area contributed by atoms with Crippen molar-refractivity contribution in [2.24, 2.45) is 11.8 Å². The van der Waals surface area contributed by atoms with Gasteiger partial charge in [-0.05, 0) is 5.92 Å². The Hall–Kier alpha value is -0.390. The summed E-state index contributed by atoms with van der Waals surface area (Å²) in [5.41, 5.74) is 0. The van der Waals surface area contributed by atoms with Gasteiger partial charge >= 0.3 is 12.3 Å². The van der Waals surface area contributed by atoms with Crippen LogP contribution in [0, 0.1) is 11.8 Å². The summed E-state index contributed by atoms with van der Waals surface area (Å²) in [6.45, 7) is 1.87. The predicted octanol–water partition coefficient (Wildman–Crippen LogP) is 2.84. The average molecular weight is 191 g/mol. The van der Waals surface area contributed by atoms with Gasteiger partial charge in [-0.15, -0.1) is 0 Å². The van der Waals surface area contributed by atoms with E-state index in [0.29, 0.717) is 0 Å². The third kappa shape index (κ3) is 2.92. The fourth-order valence-electron chi connectivity index (χ4n) is 0.957. The zero-order valence-corrected chi connectivity index (χ0v) is 6.45. The molecule has 0 spiro atoms. The van der Waals surface area contributed by atoms with Crippen LogP contribution in [0.3, 0.4) is 0 Å². The lowest BCUT2D eigenvalue weighted by Gasteiger charge is -2.25. The Bertz CT molecular complexity index is 131. The lowest BCUT2D eigenvalue weighted by molar-refractivity contribution is -0.349. The van der Waals surface area contributed by atoms with Crippen molar-refractivity contribution in [1.29, 1.82) is 0 Å². The zero-order chi connectivity index (χ0) is 10.2. The standard InChI is InChI=1S/C6H8F5O/c1-3(2)4(5(7,8)9)6(10,11)12/h3-4H,1-2H3. The summed E-state index contributed by atoms with van der Waals surface area (Å²) >= 11 is 0. The molecule has 0 saturated carbocycles. The van der Waals surface area contributed by atoms with Crippen molar-refractivity contribution >= 4 is 0 Å². The van der Waals surface area contributed by atoms with Crippen molar-refractivity contribution < 1.29 is 27.1 Å². The predicted molar refractivity (Wildman–Crippen MR) is 30.0 cm³/mol. The largest absolute Gasteiger partial charge is 0.400 e.